The van der Waals surface area contributed by atoms with Crippen molar-refractivity contribution in [1.82, 2.24) is 0 Å². The van der Waals surface area contributed by atoms with Gasteiger partial charge >= 0.3 is 5.97 Å². The molecule has 0 radical (unpaired) electrons. The Kier molecular flexibility index (Phi) is 19.8. The van der Waals surface area contributed by atoms with Crippen LogP contribution in [0.5, 0.6) is 0 Å². The van der Waals surface area contributed by atoms with Crippen LogP contribution in [-0.4, -0.2) is 20.0 Å². The van der Waals surface area contributed by atoms with E-state index in [4.69, 9.17) is 15.8 Å². The minimum atomic E-state index is -1.32. The van der Waals surface area contributed by atoms with Crippen LogP contribution < -0.4 is 0 Å². The van der Waals surface area contributed by atoms with Gasteiger partial charge in [0.15, 0.2) is 0 Å². The number of carbonyl (C=O) groups excluding carboxylic acids is 1. The molecule has 0 aliphatic carbocycles. The highest BCUT2D eigenvalue weighted by Gasteiger charge is 2.15. The SMILES string of the molecule is CC=CC(=O)OCCCCCCCCCCCCCCCCCC[Si](C)(C)Cl. The number of hydrogen-bond acceptors (Lipinski definition) is 2. The van der Waals surface area contributed by atoms with E-state index in [0.29, 0.717) is 6.61 Å². The van der Waals surface area contributed by atoms with Crippen molar-refractivity contribution >= 4 is 24.4 Å². The smallest absolute Gasteiger partial charge is 0.330 e. The molecule has 0 saturated carbocycles. The normalized spacial score (nSPS) is 12.0. The fourth-order valence-electron chi connectivity index (χ4n) is 3.48. The van der Waals surface area contributed by atoms with Crippen LogP contribution >= 0.6 is 11.1 Å². The number of unbranched alkanes of at least 4 members (excludes halogenated alkanes) is 15. The first-order valence-corrected chi connectivity index (χ1v) is 16.2. The zero-order valence-corrected chi connectivity index (χ0v) is 20.8. The standard InChI is InChI=1S/C24H47ClO2Si/c1-4-21-24(26)27-22-19-17-15-13-11-9-7-5-6-8-10-12-14-16-18-20-23-28(2,3)25/h4,21H,5-20,22-23H2,1-3H3. The summed E-state index contributed by atoms with van der Waals surface area (Å²) in [6, 6.07) is 1.28. The average Bonchev–Trinajstić information content (AvgIpc) is 2.63. The van der Waals surface area contributed by atoms with Crippen molar-refractivity contribution in [1.29, 1.82) is 0 Å². The van der Waals surface area contributed by atoms with Crippen LogP contribution in [0, 0.1) is 0 Å². The third kappa shape index (κ3) is 23.8. The van der Waals surface area contributed by atoms with E-state index in [2.05, 4.69) is 13.1 Å². The number of carbonyl (C=O) groups is 1. The summed E-state index contributed by atoms with van der Waals surface area (Å²) in [6.07, 6.45) is 24.8. The molecule has 0 heterocycles. The van der Waals surface area contributed by atoms with E-state index in [1.54, 1.807) is 6.08 Å². The molecular weight excluding hydrogens is 384 g/mol. The Labute approximate surface area is 181 Å². The van der Waals surface area contributed by atoms with Crippen molar-refractivity contribution in [2.24, 2.45) is 0 Å². The highest BCUT2D eigenvalue weighted by atomic mass is 35.6. The summed E-state index contributed by atoms with van der Waals surface area (Å²) in [5, 5.41) is 0. The van der Waals surface area contributed by atoms with Gasteiger partial charge in [0.05, 0.1) is 6.61 Å². The topological polar surface area (TPSA) is 26.3 Å². The molecule has 0 aromatic rings. The predicted molar refractivity (Wildman–Crippen MR) is 128 cm³/mol. The van der Waals surface area contributed by atoms with E-state index < -0.39 is 7.38 Å². The van der Waals surface area contributed by atoms with Gasteiger partial charge in [0.2, 0.25) is 0 Å². The van der Waals surface area contributed by atoms with Gasteiger partial charge in [-0.1, -0.05) is 115 Å². The first-order chi connectivity index (χ1) is 13.5. The lowest BCUT2D eigenvalue weighted by molar-refractivity contribution is -0.137. The largest absolute Gasteiger partial charge is 0.463 e. The molecule has 0 spiro atoms. The van der Waals surface area contributed by atoms with Gasteiger partial charge in [0.25, 0.3) is 0 Å². The second kappa shape index (κ2) is 20.0. The fourth-order valence-corrected chi connectivity index (χ4v) is 4.97. The first-order valence-electron chi connectivity index (χ1n) is 11.9. The molecule has 166 valence electrons. The number of hydrogen-bond donors (Lipinski definition) is 0. The maximum Gasteiger partial charge on any atom is 0.330 e. The van der Waals surface area contributed by atoms with E-state index in [1.165, 1.54) is 108 Å². The van der Waals surface area contributed by atoms with Crippen molar-refractivity contribution in [2.75, 3.05) is 6.61 Å². The van der Waals surface area contributed by atoms with Crippen molar-refractivity contribution in [2.45, 2.75) is 129 Å². The minimum Gasteiger partial charge on any atom is -0.463 e. The molecular formula is C24H47ClO2Si. The number of halogens is 1. The molecule has 0 aromatic heterocycles. The number of rotatable bonds is 20. The summed E-state index contributed by atoms with van der Waals surface area (Å²) in [5.74, 6) is -0.213. The monoisotopic (exact) mass is 430 g/mol. The van der Waals surface area contributed by atoms with E-state index >= 15 is 0 Å². The van der Waals surface area contributed by atoms with Gasteiger partial charge in [0.1, 0.15) is 7.38 Å². The lowest BCUT2D eigenvalue weighted by atomic mass is 10.0. The molecule has 0 saturated heterocycles. The molecule has 0 bridgehead atoms. The van der Waals surface area contributed by atoms with Gasteiger partial charge in [-0.2, -0.15) is 11.1 Å². The third-order valence-electron chi connectivity index (χ3n) is 5.21. The molecule has 2 nitrogen and oxygen atoms in total. The van der Waals surface area contributed by atoms with E-state index in [1.807, 2.05) is 6.92 Å². The maximum absolute atomic E-state index is 11.1. The van der Waals surface area contributed by atoms with Gasteiger partial charge in [-0.05, 0) is 19.4 Å². The lowest BCUT2D eigenvalue weighted by Gasteiger charge is -2.11. The summed E-state index contributed by atoms with van der Waals surface area (Å²) in [5.41, 5.74) is 0. The molecule has 0 N–H and O–H groups in total. The number of ether oxygens (including phenoxy) is 1. The van der Waals surface area contributed by atoms with Crippen LogP contribution in [-0.2, 0) is 9.53 Å². The Hall–Kier alpha value is -0.283. The molecule has 0 aromatic carbocycles. The minimum absolute atomic E-state index is 0.213. The van der Waals surface area contributed by atoms with E-state index in [0.717, 1.165) is 6.42 Å². The fraction of sp³-hybridized carbons (Fsp3) is 0.875. The summed E-state index contributed by atoms with van der Waals surface area (Å²) >= 11 is 6.35. The highest BCUT2D eigenvalue weighted by molar-refractivity contribution is 7.19. The molecule has 0 aliphatic rings. The third-order valence-corrected chi connectivity index (χ3v) is 7.32. The Morgan fingerprint density at radius 3 is 1.43 bits per heavy atom. The van der Waals surface area contributed by atoms with Crippen LogP contribution in [0.25, 0.3) is 0 Å². The summed E-state index contributed by atoms with van der Waals surface area (Å²) in [6.45, 7) is 6.90. The van der Waals surface area contributed by atoms with E-state index in [9.17, 15) is 4.79 Å². The molecule has 0 fully saturated rings. The van der Waals surface area contributed by atoms with Crippen molar-refractivity contribution < 1.29 is 9.53 Å². The molecule has 0 aliphatic heterocycles. The second-order valence-corrected chi connectivity index (χ2v) is 15.8. The summed E-state index contributed by atoms with van der Waals surface area (Å²) in [4.78, 5) is 11.1. The van der Waals surface area contributed by atoms with Crippen LogP contribution in [0.2, 0.25) is 19.1 Å². The first kappa shape index (κ1) is 27.7. The molecule has 0 atom stereocenters. The van der Waals surface area contributed by atoms with Crippen molar-refractivity contribution in [3.63, 3.8) is 0 Å². The zero-order chi connectivity index (χ0) is 20.9. The molecule has 0 unspecified atom stereocenters. The number of allylic oxidation sites excluding steroid dienone is 1. The zero-order valence-electron chi connectivity index (χ0n) is 19.1. The second-order valence-electron chi connectivity index (χ2n) is 8.79. The van der Waals surface area contributed by atoms with Crippen LogP contribution in [0.15, 0.2) is 12.2 Å². The Bertz CT molecular complexity index is 377. The Morgan fingerprint density at radius 1 is 0.714 bits per heavy atom. The van der Waals surface area contributed by atoms with Gasteiger partial charge in [-0.25, -0.2) is 4.79 Å². The predicted octanol–water partition coefficient (Wildman–Crippen LogP) is 8.79. The summed E-state index contributed by atoms with van der Waals surface area (Å²) < 4.78 is 5.09. The molecule has 4 heteroatoms. The molecule has 28 heavy (non-hydrogen) atoms. The van der Waals surface area contributed by atoms with Crippen LogP contribution in [0.4, 0.5) is 0 Å². The van der Waals surface area contributed by atoms with Crippen LogP contribution in [0.1, 0.15) is 110 Å². The van der Waals surface area contributed by atoms with Gasteiger partial charge < -0.3 is 4.74 Å². The quantitative estimate of drug-likeness (QED) is 0.0633. The van der Waals surface area contributed by atoms with Gasteiger partial charge in [-0.3, -0.25) is 0 Å². The van der Waals surface area contributed by atoms with Gasteiger partial charge in [0, 0.05) is 6.08 Å². The maximum atomic E-state index is 11.1. The van der Waals surface area contributed by atoms with E-state index in [-0.39, 0.29) is 5.97 Å². The average molecular weight is 431 g/mol. The van der Waals surface area contributed by atoms with Crippen molar-refractivity contribution in [3.05, 3.63) is 12.2 Å². The number of esters is 1. The summed E-state index contributed by atoms with van der Waals surface area (Å²) in [7, 11) is -1.32. The Balaban J connectivity index is 3.09. The van der Waals surface area contributed by atoms with Crippen molar-refractivity contribution in [3.8, 4) is 0 Å². The lowest BCUT2D eigenvalue weighted by Crippen LogP contribution is -2.14. The Morgan fingerprint density at radius 2 is 1.07 bits per heavy atom. The molecule has 0 rings (SSSR count). The highest BCUT2D eigenvalue weighted by Crippen LogP contribution is 2.19. The van der Waals surface area contributed by atoms with Gasteiger partial charge in [-0.15, -0.1) is 0 Å². The van der Waals surface area contributed by atoms with Crippen LogP contribution in [0.3, 0.4) is 0 Å². The molecule has 0 amide bonds.